The fourth-order valence-electron chi connectivity index (χ4n) is 5.91. The van der Waals surface area contributed by atoms with E-state index in [9.17, 15) is 34.2 Å². The summed E-state index contributed by atoms with van der Waals surface area (Å²) in [7, 11) is 3.11. The van der Waals surface area contributed by atoms with Crippen LogP contribution in [-0.4, -0.2) is 69.9 Å². The van der Waals surface area contributed by atoms with Gasteiger partial charge in [-0.05, 0) is 50.4 Å². The summed E-state index contributed by atoms with van der Waals surface area (Å²) in [5.41, 5.74) is 3.79. The SMILES string of the molecule is CCc1ccc2c(c1O)C(=O)C1C(=O)[C@]3(O)C(=O)C(C(N)=O)C(=O)[C@@H](N(C)C)[C@@H]3C[C@@H]1C2. The molecule has 0 aliphatic heterocycles. The highest BCUT2D eigenvalue weighted by Crippen LogP contribution is 2.50. The molecule has 9 heteroatoms. The molecule has 0 radical (unpaired) electrons. The van der Waals surface area contributed by atoms with E-state index in [4.69, 9.17) is 5.73 Å². The molecule has 0 saturated heterocycles. The Morgan fingerprint density at radius 2 is 1.84 bits per heavy atom. The molecular formula is C23H26N2O7. The molecular weight excluding hydrogens is 416 g/mol. The van der Waals surface area contributed by atoms with Gasteiger partial charge in [0.2, 0.25) is 5.91 Å². The summed E-state index contributed by atoms with van der Waals surface area (Å²) in [6.07, 6.45) is 0.815. The van der Waals surface area contributed by atoms with Gasteiger partial charge in [-0.25, -0.2) is 0 Å². The molecule has 0 heterocycles. The first-order valence-corrected chi connectivity index (χ1v) is 10.6. The molecule has 1 aromatic carbocycles. The van der Waals surface area contributed by atoms with Crippen molar-refractivity contribution >= 4 is 29.0 Å². The van der Waals surface area contributed by atoms with Gasteiger partial charge >= 0.3 is 0 Å². The number of rotatable bonds is 3. The van der Waals surface area contributed by atoms with Crippen LogP contribution in [0.1, 0.15) is 34.8 Å². The molecule has 3 aliphatic carbocycles. The van der Waals surface area contributed by atoms with Gasteiger partial charge in [0.15, 0.2) is 34.7 Å². The number of amides is 1. The van der Waals surface area contributed by atoms with E-state index in [2.05, 4.69) is 0 Å². The van der Waals surface area contributed by atoms with Gasteiger partial charge in [0.05, 0.1) is 17.5 Å². The minimum atomic E-state index is -2.69. The Bertz CT molecular complexity index is 1080. The molecule has 0 bridgehead atoms. The van der Waals surface area contributed by atoms with Crippen LogP contribution in [0.15, 0.2) is 12.1 Å². The summed E-state index contributed by atoms with van der Waals surface area (Å²) in [5.74, 6) is -10.1. The number of benzene rings is 1. The van der Waals surface area contributed by atoms with E-state index < -0.39 is 64.4 Å². The molecule has 1 aromatic rings. The van der Waals surface area contributed by atoms with Gasteiger partial charge in [-0.2, -0.15) is 0 Å². The number of aryl methyl sites for hydroxylation is 1. The molecule has 6 atom stereocenters. The van der Waals surface area contributed by atoms with Crippen LogP contribution in [0, 0.1) is 23.7 Å². The van der Waals surface area contributed by atoms with Gasteiger partial charge < -0.3 is 15.9 Å². The number of ketones is 4. The minimum absolute atomic E-state index is 0.0379. The molecule has 2 fully saturated rings. The summed E-state index contributed by atoms with van der Waals surface area (Å²) >= 11 is 0. The number of phenolic OH excluding ortho intramolecular Hbond substituents is 1. The zero-order chi connectivity index (χ0) is 23.7. The van der Waals surface area contributed by atoms with E-state index in [1.165, 1.54) is 4.90 Å². The van der Waals surface area contributed by atoms with Crippen LogP contribution >= 0.6 is 0 Å². The number of aromatic hydroxyl groups is 1. The molecule has 2 saturated carbocycles. The van der Waals surface area contributed by atoms with Crippen LogP contribution in [0.25, 0.3) is 0 Å². The number of phenols is 1. The zero-order valence-corrected chi connectivity index (χ0v) is 18.1. The molecule has 2 unspecified atom stereocenters. The zero-order valence-electron chi connectivity index (χ0n) is 18.1. The maximum absolute atomic E-state index is 13.6. The normalized spacial score (nSPS) is 34.2. The van der Waals surface area contributed by atoms with Gasteiger partial charge in [-0.15, -0.1) is 0 Å². The first-order valence-electron chi connectivity index (χ1n) is 10.6. The topological polar surface area (TPSA) is 155 Å². The van der Waals surface area contributed by atoms with Crippen molar-refractivity contribution in [2.24, 2.45) is 29.4 Å². The third-order valence-corrected chi connectivity index (χ3v) is 7.40. The van der Waals surface area contributed by atoms with Crippen molar-refractivity contribution in [2.75, 3.05) is 14.1 Å². The lowest BCUT2D eigenvalue weighted by molar-refractivity contribution is -0.181. The van der Waals surface area contributed by atoms with E-state index in [0.717, 1.165) is 0 Å². The van der Waals surface area contributed by atoms with Crippen molar-refractivity contribution in [3.8, 4) is 5.75 Å². The summed E-state index contributed by atoms with van der Waals surface area (Å²) in [4.78, 5) is 66.5. The van der Waals surface area contributed by atoms with Crippen LogP contribution in [0.3, 0.4) is 0 Å². The third kappa shape index (κ3) is 2.74. The maximum Gasteiger partial charge on any atom is 0.235 e. The van der Waals surface area contributed by atoms with Crippen molar-refractivity contribution in [2.45, 2.75) is 37.8 Å². The third-order valence-electron chi connectivity index (χ3n) is 7.40. The first-order chi connectivity index (χ1) is 15.0. The Morgan fingerprint density at radius 3 is 2.41 bits per heavy atom. The highest BCUT2D eigenvalue weighted by Gasteiger charge is 2.69. The fourth-order valence-corrected chi connectivity index (χ4v) is 5.91. The maximum atomic E-state index is 13.6. The molecule has 170 valence electrons. The van der Waals surface area contributed by atoms with Crippen molar-refractivity contribution < 1.29 is 34.2 Å². The van der Waals surface area contributed by atoms with Gasteiger partial charge in [0.25, 0.3) is 0 Å². The lowest BCUT2D eigenvalue weighted by atomic mass is 9.52. The number of nitrogens with two attached hydrogens (primary N) is 1. The first kappa shape index (κ1) is 22.3. The summed E-state index contributed by atoms with van der Waals surface area (Å²) < 4.78 is 0. The molecule has 32 heavy (non-hydrogen) atoms. The standard InChI is InChI=1S/C23H26N2O7/c1-4-9-5-6-10-7-11-8-12-16(25(2)3)19(28)15(22(24)31)21(30)23(12,32)20(29)14(11)18(27)13(10)17(9)26/h5-6,11-12,14-16,26,32H,4,7-8H2,1-3H3,(H2,24,31)/t11-,12-,14?,15?,16-,23-/m0/s1. The molecule has 4 N–H and O–H groups in total. The Kier molecular flexibility index (Phi) is 5.09. The number of Topliss-reactive ketones (excluding diaryl/α,β-unsaturated/α-hetero) is 4. The average molecular weight is 442 g/mol. The molecule has 9 nitrogen and oxygen atoms in total. The van der Waals surface area contributed by atoms with Crippen LogP contribution in [0.5, 0.6) is 5.75 Å². The van der Waals surface area contributed by atoms with Crippen LogP contribution in [-0.2, 0) is 32.0 Å². The number of fused-ring (bicyclic) bond motifs is 3. The molecule has 0 aromatic heterocycles. The quantitative estimate of drug-likeness (QED) is 0.526. The Morgan fingerprint density at radius 1 is 1.19 bits per heavy atom. The average Bonchev–Trinajstić information content (AvgIpc) is 2.70. The van der Waals surface area contributed by atoms with Gasteiger partial charge in [-0.1, -0.05) is 19.1 Å². The summed E-state index contributed by atoms with van der Waals surface area (Å²) in [6, 6.07) is 2.39. The molecule has 3 aliphatic rings. The second kappa shape index (κ2) is 7.31. The Hall–Kier alpha value is -2.91. The van der Waals surface area contributed by atoms with Crippen molar-refractivity contribution in [1.82, 2.24) is 4.90 Å². The Labute approximate surface area is 184 Å². The van der Waals surface area contributed by atoms with Gasteiger partial charge in [0, 0.05) is 5.92 Å². The van der Waals surface area contributed by atoms with E-state index in [0.29, 0.717) is 17.5 Å². The molecule has 1 amide bonds. The van der Waals surface area contributed by atoms with Gasteiger partial charge in [0.1, 0.15) is 5.75 Å². The summed E-state index contributed by atoms with van der Waals surface area (Å²) in [5, 5.41) is 22.1. The highest BCUT2D eigenvalue weighted by molar-refractivity contribution is 6.32. The van der Waals surface area contributed by atoms with E-state index in [1.54, 1.807) is 26.2 Å². The van der Waals surface area contributed by atoms with Crippen LogP contribution in [0.4, 0.5) is 0 Å². The van der Waals surface area contributed by atoms with Crippen molar-refractivity contribution in [3.05, 3.63) is 28.8 Å². The van der Waals surface area contributed by atoms with E-state index in [-0.39, 0.29) is 24.2 Å². The predicted molar refractivity (Wildman–Crippen MR) is 111 cm³/mol. The largest absolute Gasteiger partial charge is 0.507 e. The number of primary amides is 1. The lowest BCUT2D eigenvalue weighted by Crippen LogP contribution is -2.74. The highest BCUT2D eigenvalue weighted by atomic mass is 16.3. The number of hydrogen-bond acceptors (Lipinski definition) is 8. The predicted octanol–water partition coefficient (Wildman–Crippen LogP) is -0.571. The number of nitrogens with zero attached hydrogens (tertiary/aromatic N) is 1. The number of hydrogen-bond donors (Lipinski definition) is 3. The second-order valence-corrected chi connectivity index (χ2v) is 9.25. The Balaban J connectivity index is 1.86. The second-order valence-electron chi connectivity index (χ2n) is 9.25. The minimum Gasteiger partial charge on any atom is -0.507 e. The monoisotopic (exact) mass is 442 g/mol. The van der Waals surface area contributed by atoms with E-state index in [1.807, 2.05) is 6.92 Å². The number of carbonyl (C=O) groups excluding carboxylic acids is 5. The van der Waals surface area contributed by atoms with Crippen LogP contribution in [0.2, 0.25) is 0 Å². The number of carbonyl (C=O) groups is 5. The molecule has 0 spiro atoms. The lowest BCUT2D eigenvalue weighted by Gasteiger charge is -2.52. The summed E-state index contributed by atoms with van der Waals surface area (Å²) in [6.45, 7) is 1.82. The van der Waals surface area contributed by atoms with E-state index >= 15 is 0 Å². The number of likely N-dealkylation sites (N-methyl/N-ethyl adjacent to an activating group) is 1. The number of aliphatic hydroxyl groups is 1. The smallest absolute Gasteiger partial charge is 0.235 e. The molecule has 4 rings (SSSR count). The fraction of sp³-hybridized carbons (Fsp3) is 0.522. The van der Waals surface area contributed by atoms with Crippen molar-refractivity contribution in [1.29, 1.82) is 0 Å². The van der Waals surface area contributed by atoms with Crippen LogP contribution < -0.4 is 5.73 Å². The van der Waals surface area contributed by atoms with Gasteiger partial charge in [-0.3, -0.25) is 28.9 Å². The van der Waals surface area contributed by atoms with Crippen molar-refractivity contribution in [3.63, 3.8) is 0 Å².